The fourth-order valence-corrected chi connectivity index (χ4v) is 4.92. The average Bonchev–Trinajstić information content (AvgIpc) is 3.25. The van der Waals surface area contributed by atoms with Gasteiger partial charge in [-0.25, -0.2) is 9.69 Å². The first-order chi connectivity index (χ1) is 13.1. The second kappa shape index (κ2) is 5.71. The third-order valence-electron chi connectivity index (χ3n) is 5.24. The average molecular weight is 381 g/mol. The molecule has 1 atom stereocenters. The van der Waals surface area contributed by atoms with Crippen molar-refractivity contribution in [3.8, 4) is 0 Å². The molecule has 1 N–H and O–H groups in total. The predicted molar refractivity (Wildman–Crippen MR) is 98.1 cm³/mol. The molecule has 0 bridgehead atoms. The third-order valence-corrected chi connectivity index (χ3v) is 6.22. The number of urea groups is 1. The van der Waals surface area contributed by atoms with E-state index in [1.807, 2.05) is 11.4 Å². The fourth-order valence-electron chi connectivity index (χ4n) is 3.92. The van der Waals surface area contributed by atoms with Gasteiger partial charge in [0.05, 0.1) is 5.39 Å². The van der Waals surface area contributed by atoms with Crippen molar-refractivity contribution in [2.24, 2.45) is 0 Å². The van der Waals surface area contributed by atoms with Crippen molar-refractivity contribution < 1.29 is 9.59 Å². The molecule has 136 valence electrons. The Bertz CT molecular complexity index is 1150. The van der Waals surface area contributed by atoms with Gasteiger partial charge in [-0.2, -0.15) is 4.68 Å². The first-order valence-electron chi connectivity index (χ1n) is 8.64. The highest BCUT2D eigenvalue weighted by atomic mass is 32.1. The minimum Gasteiger partial charge on any atom is -0.319 e. The molecule has 0 saturated carbocycles. The molecule has 3 aromatic rings. The minimum atomic E-state index is -1.03. The Morgan fingerprint density at radius 1 is 1.19 bits per heavy atom. The van der Waals surface area contributed by atoms with E-state index < -0.39 is 11.6 Å². The molecule has 9 heteroatoms. The molecular weight excluding hydrogens is 366 g/mol. The van der Waals surface area contributed by atoms with Gasteiger partial charge in [-0.1, -0.05) is 17.3 Å². The number of fused-ring (bicyclic) bond motifs is 3. The summed E-state index contributed by atoms with van der Waals surface area (Å²) in [7, 11) is 0. The Kier molecular flexibility index (Phi) is 3.41. The lowest BCUT2D eigenvalue weighted by Gasteiger charge is -2.31. The molecule has 0 radical (unpaired) electrons. The monoisotopic (exact) mass is 381 g/mol. The summed E-state index contributed by atoms with van der Waals surface area (Å²) in [6.45, 7) is -0.261. The van der Waals surface area contributed by atoms with Gasteiger partial charge in [0.2, 0.25) is 0 Å². The van der Waals surface area contributed by atoms with Crippen LogP contribution >= 0.6 is 11.3 Å². The maximum absolute atomic E-state index is 13.2. The van der Waals surface area contributed by atoms with E-state index in [0.717, 1.165) is 32.9 Å². The zero-order chi connectivity index (χ0) is 18.6. The molecule has 8 nitrogen and oxygen atoms in total. The third kappa shape index (κ3) is 2.24. The number of benzene rings is 1. The molecule has 1 aliphatic carbocycles. The van der Waals surface area contributed by atoms with E-state index in [2.05, 4.69) is 15.6 Å². The van der Waals surface area contributed by atoms with Crippen molar-refractivity contribution in [2.75, 3.05) is 0 Å². The Labute approximate surface area is 157 Å². The molecule has 1 aliphatic heterocycles. The van der Waals surface area contributed by atoms with Gasteiger partial charge in [0.15, 0.2) is 0 Å². The predicted octanol–water partition coefficient (Wildman–Crippen LogP) is 1.59. The van der Waals surface area contributed by atoms with Crippen molar-refractivity contribution in [1.29, 1.82) is 0 Å². The number of rotatable bonds is 2. The largest absolute Gasteiger partial charge is 0.326 e. The molecule has 1 fully saturated rings. The Hall–Kier alpha value is -3.07. The zero-order valence-corrected chi connectivity index (χ0v) is 15.0. The van der Waals surface area contributed by atoms with Gasteiger partial charge in [0.25, 0.3) is 11.5 Å². The normalized spacial score (nSPS) is 21.7. The van der Waals surface area contributed by atoms with Gasteiger partial charge in [0, 0.05) is 10.4 Å². The number of imide groups is 1. The van der Waals surface area contributed by atoms with Crippen LogP contribution in [0.4, 0.5) is 4.79 Å². The highest BCUT2D eigenvalue weighted by molar-refractivity contribution is 7.10. The highest BCUT2D eigenvalue weighted by Crippen LogP contribution is 2.42. The van der Waals surface area contributed by atoms with Crippen LogP contribution in [0.15, 0.2) is 40.5 Å². The maximum Gasteiger partial charge on any atom is 0.326 e. The summed E-state index contributed by atoms with van der Waals surface area (Å²) < 4.78 is 1.05. The van der Waals surface area contributed by atoms with Gasteiger partial charge in [-0.3, -0.25) is 9.59 Å². The molecule has 2 aromatic heterocycles. The Morgan fingerprint density at radius 3 is 2.93 bits per heavy atom. The number of carbonyl (C=O) groups excluding carboxylic acids is 2. The van der Waals surface area contributed by atoms with Gasteiger partial charge < -0.3 is 5.32 Å². The number of aryl methyl sites for hydroxylation is 1. The first-order valence-corrected chi connectivity index (χ1v) is 9.52. The summed E-state index contributed by atoms with van der Waals surface area (Å²) in [6.07, 6.45) is 2.28. The van der Waals surface area contributed by atoms with Crippen LogP contribution < -0.4 is 10.9 Å². The van der Waals surface area contributed by atoms with Crippen LogP contribution in [-0.2, 0) is 23.4 Å². The van der Waals surface area contributed by atoms with E-state index in [4.69, 9.17) is 0 Å². The number of amides is 3. The van der Waals surface area contributed by atoms with Crippen LogP contribution in [0.25, 0.3) is 10.9 Å². The van der Waals surface area contributed by atoms with Crippen molar-refractivity contribution in [3.63, 3.8) is 0 Å². The molecule has 1 unspecified atom stereocenters. The summed E-state index contributed by atoms with van der Waals surface area (Å²) >= 11 is 1.60. The topological polar surface area (TPSA) is 97.2 Å². The molecule has 1 aromatic carbocycles. The maximum atomic E-state index is 13.2. The summed E-state index contributed by atoms with van der Waals surface area (Å²) in [4.78, 5) is 40.6. The van der Waals surface area contributed by atoms with E-state index in [9.17, 15) is 14.4 Å². The molecule has 1 saturated heterocycles. The van der Waals surface area contributed by atoms with Crippen LogP contribution in [0.2, 0.25) is 0 Å². The van der Waals surface area contributed by atoms with Crippen LogP contribution in [0, 0.1) is 0 Å². The van der Waals surface area contributed by atoms with E-state index in [-0.39, 0.29) is 18.1 Å². The quantitative estimate of drug-likeness (QED) is 0.680. The van der Waals surface area contributed by atoms with Gasteiger partial charge >= 0.3 is 6.03 Å². The fraction of sp³-hybridized carbons (Fsp3) is 0.278. The number of nitrogens with one attached hydrogen (secondary N) is 1. The molecule has 5 rings (SSSR count). The lowest BCUT2D eigenvalue weighted by molar-refractivity contribution is -0.133. The molecule has 1 spiro atoms. The number of hydrogen-bond donors (Lipinski definition) is 1. The van der Waals surface area contributed by atoms with Gasteiger partial charge in [-0.05, 0) is 42.8 Å². The highest BCUT2D eigenvalue weighted by Gasteiger charge is 2.54. The smallest absolute Gasteiger partial charge is 0.319 e. The number of hydrogen-bond acceptors (Lipinski definition) is 6. The molecule has 2 aliphatic rings. The van der Waals surface area contributed by atoms with E-state index in [0.29, 0.717) is 17.3 Å². The van der Waals surface area contributed by atoms with Crippen molar-refractivity contribution >= 4 is 34.2 Å². The second-order valence-electron chi connectivity index (χ2n) is 6.73. The van der Waals surface area contributed by atoms with Gasteiger partial charge in [0.1, 0.15) is 17.7 Å². The van der Waals surface area contributed by atoms with Crippen molar-refractivity contribution in [3.05, 3.63) is 56.5 Å². The standard InChI is InChI=1S/C18H15N5O3S/c24-15-11-4-1-2-5-13(11)20-21-23(15)10-22-16(25)18(19-17(22)26)8-3-6-14-12(18)7-9-27-14/h1-2,4-5,7,9H,3,6,8,10H2,(H,19,26). The number of carbonyl (C=O) groups is 2. The Balaban J connectivity index is 1.53. The SMILES string of the molecule is O=C1NC2(CCCc3sccc32)C(=O)N1Cn1nnc2ccccc2c1=O. The minimum absolute atomic E-state index is 0.261. The number of aromatic nitrogens is 3. The molecular formula is C18H15N5O3S. The number of nitrogens with zero attached hydrogens (tertiary/aromatic N) is 4. The molecule has 27 heavy (non-hydrogen) atoms. The summed E-state index contributed by atoms with van der Waals surface area (Å²) in [5.74, 6) is -0.339. The van der Waals surface area contributed by atoms with Crippen LogP contribution in [0.5, 0.6) is 0 Å². The van der Waals surface area contributed by atoms with Crippen molar-refractivity contribution in [1.82, 2.24) is 25.2 Å². The van der Waals surface area contributed by atoms with E-state index in [1.165, 1.54) is 0 Å². The van der Waals surface area contributed by atoms with E-state index >= 15 is 0 Å². The lowest BCUT2D eigenvalue weighted by Crippen LogP contribution is -2.46. The summed E-state index contributed by atoms with van der Waals surface area (Å²) in [6, 6.07) is 8.23. The summed E-state index contributed by atoms with van der Waals surface area (Å²) in [5, 5.41) is 13.1. The first kappa shape index (κ1) is 16.1. The molecule has 3 heterocycles. The van der Waals surface area contributed by atoms with Crippen LogP contribution in [-0.4, -0.2) is 31.8 Å². The lowest BCUT2D eigenvalue weighted by atomic mass is 9.80. The number of thiophene rings is 1. The molecule has 3 amide bonds. The van der Waals surface area contributed by atoms with Gasteiger partial charge in [-0.15, -0.1) is 16.4 Å². The second-order valence-corrected chi connectivity index (χ2v) is 7.73. The van der Waals surface area contributed by atoms with Crippen LogP contribution in [0.1, 0.15) is 23.3 Å². The van der Waals surface area contributed by atoms with Crippen LogP contribution in [0.3, 0.4) is 0 Å². The Morgan fingerprint density at radius 2 is 2.04 bits per heavy atom. The zero-order valence-electron chi connectivity index (χ0n) is 14.2. The van der Waals surface area contributed by atoms with E-state index in [1.54, 1.807) is 35.6 Å². The summed E-state index contributed by atoms with van der Waals surface area (Å²) in [5.41, 5.74) is -0.0698. The van der Waals surface area contributed by atoms with Crippen molar-refractivity contribution in [2.45, 2.75) is 31.5 Å².